The number of ether oxygens (including phenoxy) is 2. The van der Waals surface area contributed by atoms with E-state index in [4.69, 9.17) is 14.0 Å². The van der Waals surface area contributed by atoms with Gasteiger partial charge in [0.25, 0.3) is 5.89 Å². The molecular weight excluding hydrogens is 336 g/mol. The molecule has 2 N–H and O–H groups in total. The minimum absolute atomic E-state index is 0. The Balaban J connectivity index is 0.00000288. The molecule has 0 spiro atoms. The van der Waals surface area contributed by atoms with Gasteiger partial charge < -0.3 is 24.6 Å². The van der Waals surface area contributed by atoms with Crippen molar-refractivity contribution in [3.8, 4) is 5.75 Å². The second-order valence-corrected chi connectivity index (χ2v) is 4.77. The summed E-state index contributed by atoms with van der Waals surface area (Å²) >= 11 is 0. The molecule has 24 heavy (non-hydrogen) atoms. The molecule has 1 amide bonds. The van der Waals surface area contributed by atoms with E-state index in [0.29, 0.717) is 36.3 Å². The Morgan fingerprint density at radius 3 is 2.67 bits per heavy atom. The van der Waals surface area contributed by atoms with Gasteiger partial charge in [0.1, 0.15) is 5.75 Å². The fourth-order valence-electron chi connectivity index (χ4n) is 1.76. The highest BCUT2D eigenvalue weighted by atomic mass is 35.5. The molecule has 0 atom stereocenters. The summed E-state index contributed by atoms with van der Waals surface area (Å²) in [5.41, 5.74) is 0.699. The van der Waals surface area contributed by atoms with Crippen LogP contribution in [0.1, 0.15) is 11.7 Å². The number of hydrogen-bond donors (Lipinski definition) is 2. The van der Waals surface area contributed by atoms with Crippen LogP contribution in [0.2, 0.25) is 0 Å². The van der Waals surface area contributed by atoms with Gasteiger partial charge in [-0.25, -0.2) is 0 Å². The first-order valence-corrected chi connectivity index (χ1v) is 7.19. The van der Waals surface area contributed by atoms with Crippen LogP contribution >= 0.6 is 12.4 Å². The summed E-state index contributed by atoms with van der Waals surface area (Å²) in [6, 6.07) is 7.05. The molecule has 0 saturated heterocycles. The third kappa shape index (κ3) is 6.95. The van der Waals surface area contributed by atoms with Gasteiger partial charge in [0.2, 0.25) is 5.91 Å². The third-order valence-electron chi connectivity index (χ3n) is 2.84. The fraction of sp³-hybridized carbons (Fsp3) is 0.400. The maximum Gasteiger partial charge on any atom is 0.264 e. The summed E-state index contributed by atoms with van der Waals surface area (Å²) in [6.45, 7) is 3.38. The SMILES string of the molecule is COCCNCC(=O)Nc1ccc(OCc2nc(C)no2)cc1.Cl. The number of carbonyl (C=O) groups is 1. The Kier molecular flexibility index (Phi) is 8.77. The molecule has 0 saturated carbocycles. The van der Waals surface area contributed by atoms with Crippen LogP contribution in [0.5, 0.6) is 5.75 Å². The normalized spacial score (nSPS) is 10.1. The van der Waals surface area contributed by atoms with Crippen molar-refractivity contribution >= 4 is 24.0 Å². The summed E-state index contributed by atoms with van der Waals surface area (Å²) in [5, 5.41) is 9.44. The average molecular weight is 357 g/mol. The lowest BCUT2D eigenvalue weighted by Crippen LogP contribution is -2.30. The Hall–Kier alpha value is -2.16. The molecule has 8 nitrogen and oxygen atoms in total. The van der Waals surface area contributed by atoms with Crippen molar-refractivity contribution < 1.29 is 18.8 Å². The number of benzene rings is 1. The number of amides is 1. The Labute approximate surface area is 146 Å². The highest BCUT2D eigenvalue weighted by Gasteiger charge is 2.05. The number of hydrogen-bond acceptors (Lipinski definition) is 7. The van der Waals surface area contributed by atoms with E-state index < -0.39 is 0 Å². The van der Waals surface area contributed by atoms with Crippen molar-refractivity contribution in [3.05, 3.63) is 36.0 Å². The number of nitrogens with one attached hydrogen (secondary N) is 2. The molecule has 1 heterocycles. The first kappa shape index (κ1) is 19.9. The fourth-order valence-corrected chi connectivity index (χ4v) is 1.76. The molecular formula is C15H21ClN4O4. The lowest BCUT2D eigenvalue weighted by Gasteiger charge is -2.08. The Bertz CT molecular complexity index is 618. The first-order chi connectivity index (χ1) is 11.2. The Morgan fingerprint density at radius 1 is 1.29 bits per heavy atom. The van der Waals surface area contributed by atoms with E-state index in [-0.39, 0.29) is 31.5 Å². The number of carbonyl (C=O) groups excluding carboxylic acids is 1. The molecule has 1 aromatic heterocycles. The average Bonchev–Trinajstić information content (AvgIpc) is 2.96. The quantitative estimate of drug-likeness (QED) is 0.658. The standard InChI is InChI=1S/C15H20N4O4.ClH/c1-11-17-15(23-19-11)10-22-13-5-3-12(4-6-13)18-14(20)9-16-7-8-21-2;/h3-6,16H,7-10H2,1-2H3,(H,18,20);1H. The van der Waals surface area contributed by atoms with E-state index in [2.05, 4.69) is 20.8 Å². The van der Waals surface area contributed by atoms with E-state index in [1.807, 2.05) is 0 Å². The van der Waals surface area contributed by atoms with Crippen molar-refractivity contribution in [2.45, 2.75) is 13.5 Å². The van der Waals surface area contributed by atoms with Crippen molar-refractivity contribution in [2.75, 3.05) is 32.1 Å². The van der Waals surface area contributed by atoms with Crippen molar-refractivity contribution in [2.24, 2.45) is 0 Å². The number of anilines is 1. The zero-order valence-corrected chi connectivity index (χ0v) is 14.4. The van der Waals surface area contributed by atoms with Crippen LogP contribution in [0.3, 0.4) is 0 Å². The first-order valence-electron chi connectivity index (χ1n) is 7.19. The zero-order chi connectivity index (χ0) is 16.5. The summed E-state index contributed by atoms with van der Waals surface area (Å²) in [4.78, 5) is 15.7. The molecule has 0 aliphatic rings. The van der Waals surface area contributed by atoms with E-state index >= 15 is 0 Å². The highest BCUT2D eigenvalue weighted by Crippen LogP contribution is 2.16. The molecule has 2 rings (SSSR count). The van der Waals surface area contributed by atoms with Crippen LogP contribution in [0, 0.1) is 6.92 Å². The molecule has 0 bridgehead atoms. The summed E-state index contributed by atoms with van der Waals surface area (Å²) in [5.74, 6) is 1.52. The van der Waals surface area contributed by atoms with Gasteiger partial charge in [-0.15, -0.1) is 12.4 Å². The second-order valence-electron chi connectivity index (χ2n) is 4.77. The molecule has 0 radical (unpaired) electrons. The van der Waals surface area contributed by atoms with E-state index in [0.717, 1.165) is 0 Å². The zero-order valence-electron chi connectivity index (χ0n) is 13.6. The number of aryl methyl sites for hydroxylation is 1. The van der Waals surface area contributed by atoms with Crippen LogP contribution in [0.4, 0.5) is 5.69 Å². The van der Waals surface area contributed by atoms with Crippen LogP contribution < -0.4 is 15.4 Å². The van der Waals surface area contributed by atoms with Gasteiger partial charge in [0, 0.05) is 19.3 Å². The smallest absolute Gasteiger partial charge is 0.264 e. The van der Waals surface area contributed by atoms with Crippen molar-refractivity contribution in [1.82, 2.24) is 15.5 Å². The van der Waals surface area contributed by atoms with Crippen molar-refractivity contribution in [3.63, 3.8) is 0 Å². The van der Waals surface area contributed by atoms with Gasteiger partial charge in [-0.05, 0) is 31.2 Å². The number of aromatic nitrogens is 2. The molecule has 0 aliphatic carbocycles. The van der Waals surface area contributed by atoms with Gasteiger partial charge in [0.05, 0.1) is 13.2 Å². The third-order valence-corrected chi connectivity index (χ3v) is 2.84. The highest BCUT2D eigenvalue weighted by molar-refractivity contribution is 5.92. The van der Waals surface area contributed by atoms with Crippen LogP contribution in [0.15, 0.2) is 28.8 Å². The molecule has 0 unspecified atom stereocenters. The van der Waals surface area contributed by atoms with Gasteiger partial charge in [-0.3, -0.25) is 4.79 Å². The minimum atomic E-state index is -0.115. The lowest BCUT2D eigenvalue weighted by atomic mass is 10.3. The number of halogens is 1. The van der Waals surface area contributed by atoms with E-state index in [1.54, 1.807) is 38.3 Å². The van der Waals surface area contributed by atoms with Crippen LogP contribution in [-0.4, -0.2) is 42.9 Å². The van der Waals surface area contributed by atoms with Gasteiger partial charge in [-0.1, -0.05) is 5.16 Å². The van der Waals surface area contributed by atoms with Gasteiger partial charge in [0.15, 0.2) is 12.4 Å². The van der Waals surface area contributed by atoms with Crippen LogP contribution in [-0.2, 0) is 16.1 Å². The molecule has 9 heteroatoms. The summed E-state index contributed by atoms with van der Waals surface area (Å²) in [7, 11) is 1.62. The maximum absolute atomic E-state index is 11.7. The number of rotatable bonds is 9. The molecule has 2 aromatic rings. The predicted octanol–water partition coefficient (Wildman–Crippen LogP) is 1.55. The predicted molar refractivity (Wildman–Crippen MR) is 90.4 cm³/mol. The summed E-state index contributed by atoms with van der Waals surface area (Å²) in [6.07, 6.45) is 0. The topological polar surface area (TPSA) is 98.5 Å². The van der Waals surface area contributed by atoms with E-state index in [1.165, 1.54) is 0 Å². The molecule has 0 aliphatic heterocycles. The van der Waals surface area contributed by atoms with Gasteiger partial charge >= 0.3 is 0 Å². The maximum atomic E-state index is 11.7. The molecule has 0 fully saturated rings. The molecule has 1 aromatic carbocycles. The minimum Gasteiger partial charge on any atom is -0.484 e. The number of methoxy groups -OCH3 is 1. The summed E-state index contributed by atoms with van der Waals surface area (Å²) < 4.78 is 15.4. The number of nitrogens with zero attached hydrogens (tertiary/aromatic N) is 2. The second kappa shape index (κ2) is 10.6. The Morgan fingerprint density at radius 2 is 2.04 bits per heavy atom. The monoisotopic (exact) mass is 356 g/mol. The van der Waals surface area contributed by atoms with E-state index in [9.17, 15) is 4.79 Å². The lowest BCUT2D eigenvalue weighted by molar-refractivity contribution is -0.115. The molecule has 132 valence electrons. The van der Waals surface area contributed by atoms with Gasteiger partial charge in [-0.2, -0.15) is 4.98 Å². The van der Waals surface area contributed by atoms with Crippen molar-refractivity contribution in [1.29, 1.82) is 0 Å². The largest absolute Gasteiger partial charge is 0.484 e. The van der Waals surface area contributed by atoms with Crippen LogP contribution in [0.25, 0.3) is 0 Å².